The zero-order valence-electron chi connectivity index (χ0n) is 13.3. The fraction of sp³-hybridized carbons (Fsp3) is 0.600. The van der Waals surface area contributed by atoms with Gasteiger partial charge in [-0.15, -0.1) is 0 Å². The van der Waals surface area contributed by atoms with Crippen molar-refractivity contribution in [3.8, 4) is 0 Å². The number of hydrogen-bond donors (Lipinski definition) is 1. The molecule has 1 N–H and O–H groups in total. The van der Waals surface area contributed by atoms with Gasteiger partial charge in [0.15, 0.2) is 0 Å². The molecule has 0 saturated carbocycles. The first kappa shape index (κ1) is 17.8. The van der Waals surface area contributed by atoms with Crippen LogP contribution in [0.25, 0.3) is 0 Å². The van der Waals surface area contributed by atoms with Gasteiger partial charge in [-0.3, -0.25) is 9.78 Å². The molecule has 1 saturated heterocycles. The van der Waals surface area contributed by atoms with Crippen LogP contribution in [0.5, 0.6) is 0 Å². The highest BCUT2D eigenvalue weighted by molar-refractivity contribution is 7.89. The second-order valence-corrected chi connectivity index (χ2v) is 7.79. The van der Waals surface area contributed by atoms with E-state index in [1.807, 2.05) is 0 Å². The summed E-state index contributed by atoms with van der Waals surface area (Å²) in [5.41, 5.74) is 0.541. The largest absolute Gasteiger partial charge is 0.348 e. The Morgan fingerprint density at radius 1 is 1.52 bits per heavy atom. The molecule has 2 rings (SSSR count). The molecule has 2 heterocycles. The van der Waals surface area contributed by atoms with E-state index in [1.165, 1.54) is 16.6 Å². The Kier molecular flexibility index (Phi) is 5.69. The van der Waals surface area contributed by atoms with Crippen LogP contribution in [-0.2, 0) is 14.8 Å². The molecule has 1 aromatic rings. The smallest absolute Gasteiger partial charge is 0.238 e. The summed E-state index contributed by atoms with van der Waals surface area (Å²) in [6.45, 7) is 3.88. The molecule has 2 unspecified atom stereocenters. The van der Waals surface area contributed by atoms with Crippen LogP contribution >= 0.6 is 0 Å². The molecule has 0 aromatic carbocycles. The highest BCUT2D eigenvalue weighted by Crippen LogP contribution is 2.23. The fourth-order valence-corrected chi connectivity index (χ4v) is 4.51. The third kappa shape index (κ3) is 4.26. The lowest BCUT2D eigenvalue weighted by Gasteiger charge is -2.25. The predicted molar refractivity (Wildman–Crippen MR) is 84.6 cm³/mol. The van der Waals surface area contributed by atoms with Crippen LogP contribution in [0, 0.1) is 5.82 Å². The SMILES string of the molecule is CCCS(=O)(=O)N1CCCC1C(=O)NC(C)c1cncc(F)c1. The number of nitrogens with one attached hydrogen (secondary N) is 1. The van der Waals surface area contributed by atoms with Crippen LogP contribution in [0.2, 0.25) is 0 Å². The molecule has 1 aliphatic rings. The molecule has 1 fully saturated rings. The number of sulfonamides is 1. The van der Waals surface area contributed by atoms with Crippen molar-refractivity contribution in [3.63, 3.8) is 0 Å². The van der Waals surface area contributed by atoms with Gasteiger partial charge in [0.2, 0.25) is 15.9 Å². The molecule has 0 radical (unpaired) electrons. The van der Waals surface area contributed by atoms with E-state index in [1.54, 1.807) is 13.8 Å². The first-order valence-corrected chi connectivity index (χ1v) is 9.36. The van der Waals surface area contributed by atoms with E-state index >= 15 is 0 Å². The normalized spacial score (nSPS) is 20.4. The van der Waals surface area contributed by atoms with Crippen LogP contribution in [0.4, 0.5) is 4.39 Å². The number of hydrogen-bond acceptors (Lipinski definition) is 4. The van der Waals surface area contributed by atoms with Gasteiger partial charge in [0.1, 0.15) is 11.9 Å². The van der Waals surface area contributed by atoms with Gasteiger partial charge in [-0.1, -0.05) is 6.92 Å². The minimum Gasteiger partial charge on any atom is -0.348 e. The summed E-state index contributed by atoms with van der Waals surface area (Å²) in [7, 11) is -3.41. The number of rotatable bonds is 6. The van der Waals surface area contributed by atoms with E-state index < -0.39 is 27.9 Å². The van der Waals surface area contributed by atoms with E-state index in [9.17, 15) is 17.6 Å². The molecule has 0 aliphatic carbocycles. The maximum Gasteiger partial charge on any atom is 0.238 e. The van der Waals surface area contributed by atoms with Crippen LogP contribution in [-0.4, -0.2) is 42.0 Å². The van der Waals surface area contributed by atoms with Gasteiger partial charge < -0.3 is 5.32 Å². The lowest BCUT2D eigenvalue weighted by Crippen LogP contribution is -2.47. The van der Waals surface area contributed by atoms with Crippen molar-refractivity contribution in [1.82, 2.24) is 14.6 Å². The maximum absolute atomic E-state index is 13.2. The van der Waals surface area contributed by atoms with E-state index in [0.717, 1.165) is 6.20 Å². The number of carbonyl (C=O) groups is 1. The molecule has 1 aromatic heterocycles. The third-order valence-electron chi connectivity index (χ3n) is 3.91. The first-order valence-electron chi connectivity index (χ1n) is 7.75. The van der Waals surface area contributed by atoms with Crippen LogP contribution in [0.1, 0.15) is 44.7 Å². The van der Waals surface area contributed by atoms with E-state index in [2.05, 4.69) is 10.3 Å². The number of halogens is 1. The van der Waals surface area contributed by atoms with Gasteiger partial charge in [0.05, 0.1) is 18.0 Å². The first-order chi connectivity index (χ1) is 10.8. The molecule has 8 heteroatoms. The zero-order valence-corrected chi connectivity index (χ0v) is 14.1. The lowest BCUT2D eigenvalue weighted by molar-refractivity contribution is -0.124. The molecular weight excluding hydrogens is 321 g/mol. The molecule has 0 bridgehead atoms. The molecular formula is C15H22FN3O3S. The summed E-state index contributed by atoms with van der Waals surface area (Å²) in [6.07, 6.45) is 4.25. The van der Waals surface area contributed by atoms with Crippen molar-refractivity contribution in [3.05, 3.63) is 29.8 Å². The van der Waals surface area contributed by atoms with Gasteiger partial charge in [-0.25, -0.2) is 12.8 Å². The van der Waals surface area contributed by atoms with Crippen LogP contribution in [0.3, 0.4) is 0 Å². The highest BCUT2D eigenvalue weighted by Gasteiger charge is 2.38. The molecule has 1 aliphatic heterocycles. The maximum atomic E-state index is 13.2. The van der Waals surface area contributed by atoms with Crippen molar-refractivity contribution in [1.29, 1.82) is 0 Å². The van der Waals surface area contributed by atoms with Crippen LogP contribution in [0.15, 0.2) is 18.5 Å². The number of nitrogens with zero attached hydrogens (tertiary/aromatic N) is 2. The highest BCUT2D eigenvalue weighted by atomic mass is 32.2. The van der Waals surface area contributed by atoms with Crippen LogP contribution < -0.4 is 5.32 Å². The summed E-state index contributed by atoms with van der Waals surface area (Å²) in [4.78, 5) is 16.2. The minimum absolute atomic E-state index is 0.0418. The molecule has 1 amide bonds. The van der Waals surface area contributed by atoms with Gasteiger partial charge in [-0.2, -0.15) is 4.31 Å². The number of pyridine rings is 1. The van der Waals surface area contributed by atoms with Crippen molar-refractivity contribution in [2.45, 2.75) is 45.2 Å². The molecule has 2 atom stereocenters. The molecule has 128 valence electrons. The second-order valence-electron chi connectivity index (χ2n) is 5.75. The zero-order chi connectivity index (χ0) is 17.0. The third-order valence-corrected chi connectivity index (χ3v) is 5.99. The second kappa shape index (κ2) is 7.35. The Morgan fingerprint density at radius 2 is 2.26 bits per heavy atom. The average molecular weight is 343 g/mol. The van der Waals surface area contributed by atoms with Gasteiger partial charge >= 0.3 is 0 Å². The summed E-state index contributed by atoms with van der Waals surface area (Å²) in [6, 6.07) is 0.176. The Morgan fingerprint density at radius 3 is 2.91 bits per heavy atom. The average Bonchev–Trinajstić information content (AvgIpc) is 2.97. The minimum atomic E-state index is -3.41. The monoisotopic (exact) mass is 343 g/mol. The summed E-state index contributed by atoms with van der Waals surface area (Å²) in [5, 5.41) is 2.76. The fourth-order valence-electron chi connectivity index (χ4n) is 2.77. The lowest BCUT2D eigenvalue weighted by atomic mass is 10.1. The number of aromatic nitrogens is 1. The summed E-state index contributed by atoms with van der Waals surface area (Å²) >= 11 is 0. The number of amides is 1. The Balaban J connectivity index is 2.07. The molecule has 23 heavy (non-hydrogen) atoms. The summed E-state index contributed by atoms with van der Waals surface area (Å²) in [5.74, 6) is -0.782. The van der Waals surface area contributed by atoms with Crippen molar-refractivity contribution in [2.75, 3.05) is 12.3 Å². The van der Waals surface area contributed by atoms with E-state index in [-0.39, 0.29) is 11.7 Å². The predicted octanol–water partition coefficient (Wildman–Crippen LogP) is 1.60. The van der Waals surface area contributed by atoms with Crippen molar-refractivity contribution in [2.24, 2.45) is 0 Å². The van der Waals surface area contributed by atoms with Gasteiger partial charge in [-0.05, 0) is 37.8 Å². The van der Waals surface area contributed by atoms with Gasteiger partial charge in [0.25, 0.3) is 0 Å². The Labute approximate surface area is 136 Å². The van der Waals surface area contributed by atoms with Crippen molar-refractivity contribution < 1.29 is 17.6 Å². The number of carbonyl (C=O) groups excluding carboxylic acids is 1. The quantitative estimate of drug-likeness (QED) is 0.851. The van der Waals surface area contributed by atoms with E-state index in [0.29, 0.717) is 31.4 Å². The topological polar surface area (TPSA) is 79.4 Å². The molecule has 0 spiro atoms. The van der Waals surface area contributed by atoms with E-state index in [4.69, 9.17) is 0 Å². The van der Waals surface area contributed by atoms with Gasteiger partial charge in [0, 0.05) is 12.7 Å². The Hall–Kier alpha value is -1.54. The standard InChI is InChI=1S/C15H22FN3O3S/c1-3-7-23(21,22)19-6-4-5-14(19)15(20)18-11(2)12-8-13(16)10-17-9-12/h8-11,14H,3-7H2,1-2H3,(H,18,20). The van der Waals surface area contributed by atoms with Crippen molar-refractivity contribution >= 4 is 15.9 Å². The summed E-state index contributed by atoms with van der Waals surface area (Å²) < 4.78 is 39.0. The Bertz CT molecular complexity index is 666. The molecule has 6 nitrogen and oxygen atoms in total.